The molecule has 0 saturated carbocycles. The zero-order chi connectivity index (χ0) is 22.5. The summed E-state index contributed by atoms with van der Waals surface area (Å²) >= 11 is 1.37. The van der Waals surface area contributed by atoms with Crippen molar-refractivity contribution in [1.82, 2.24) is 14.8 Å². The minimum Gasteiger partial charge on any atom is -0.497 e. The number of ether oxygens (including phenoxy) is 1. The highest BCUT2D eigenvalue weighted by Gasteiger charge is 2.22. The monoisotopic (exact) mass is 444 g/mol. The fourth-order valence-corrected chi connectivity index (χ4v) is 4.07. The summed E-state index contributed by atoms with van der Waals surface area (Å²) in [5, 5.41) is 12.1. The lowest BCUT2D eigenvalue weighted by atomic mass is 10.2. The van der Waals surface area contributed by atoms with Gasteiger partial charge in [-0.05, 0) is 50.2 Å². The topological polar surface area (TPSA) is 69.0 Å². The summed E-state index contributed by atoms with van der Waals surface area (Å²) in [7, 11) is 1.64. The SMILES string of the molecule is COc1cccc(-c2nnc(SC(C)C(=O)Nc3ccc(C)cc3)n2-c2ccccc2)c1. The normalized spacial score (nSPS) is 11.7. The van der Waals surface area contributed by atoms with E-state index in [0.717, 1.165) is 28.3 Å². The number of para-hydroxylation sites is 1. The molecule has 4 rings (SSSR count). The number of hydrogen-bond acceptors (Lipinski definition) is 5. The Bertz CT molecular complexity index is 1210. The van der Waals surface area contributed by atoms with E-state index >= 15 is 0 Å². The van der Waals surface area contributed by atoms with E-state index in [2.05, 4.69) is 15.5 Å². The predicted octanol–water partition coefficient (Wildman–Crippen LogP) is 5.37. The van der Waals surface area contributed by atoms with Crippen molar-refractivity contribution in [3.8, 4) is 22.8 Å². The standard InChI is InChI=1S/C25H24N4O2S/c1-17-12-14-20(15-13-17)26-24(30)18(2)32-25-28-27-23(19-8-7-11-22(16-19)31-3)29(25)21-9-5-4-6-10-21/h4-16,18H,1-3H3,(H,26,30). The van der Waals surface area contributed by atoms with Crippen LogP contribution in [0.5, 0.6) is 5.75 Å². The van der Waals surface area contributed by atoms with Crippen molar-refractivity contribution in [2.45, 2.75) is 24.3 Å². The first kappa shape index (κ1) is 21.6. The molecule has 1 unspecified atom stereocenters. The molecule has 0 radical (unpaired) electrons. The van der Waals surface area contributed by atoms with Crippen LogP contribution in [0.2, 0.25) is 0 Å². The molecule has 0 aliphatic rings. The van der Waals surface area contributed by atoms with E-state index < -0.39 is 0 Å². The number of hydrogen-bond donors (Lipinski definition) is 1. The molecule has 32 heavy (non-hydrogen) atoms. The molecule has 0 saturated heterocycles. The molecular formula is C25H24N4O2S. The lowest BCUT2D eigenvalue weighted by molar-refractivity contribution is -0.115. The van der Waals surface area contributed by atoms with Gasteiger partial charge in [0.15, 0.2) is 11.0 Å². The van der Waals surface area contributed by atoms with E-state index in [1.807, 2.05) is 97.3 Å². The van der Waals surface area contributed by atoms with Crippen molar-refractivity contribution in [3.05, 3.63) is 84.4 Å². The highest BCUT2D eigenvalue weighted by molar-refractivity contribution is 8.00. The van der Waals surface area contributed by atoms with Gasteiger partial charge in [-0.3, -0.25) is 9.36 Å². The van der Waals surface area contributed by atoms with Crippen molar-refractivity contribution in [2.24, 2.45) is 0 Å². The molecule has 1 aromatic heterocycles. The lowest BCUT2D eigenvalue weighted by Crippen LogP contribution is -2.22. The van der Waals surface area contributed by atoms with Gasteiger partial charge in [-0.25, -0.2) is 0 Å². The number of benzene rings is 3. The second-order valence-electron chi connectivity index (χ2n) is 7.32. The summed E-state index contributed by atoms with van der Waals surface area (Å²) in [6, 6.07) is 25.3. The lowest BCUT2D eigenvalue weighted by Gasteiger charge is -2.14. The maximum Gasteiger partial charge on any atom is 0.237 e. The molecular weight excluding hydrogens is 420 g/mol. The molecule has 0 aliphatic heterocycles. The number of nitrogens with zero attached hydrogens (tertiary/aromatic N) is 3. The van der Waals surface area contributed by atoms with E-state index in [-0.39, 0.29) is 11.2 Å². The van der Waals surface area contributed by atoms with Gasteiger partial charge >= 0.3 is 0 Å². The van der Waals surface area contributed by atoms with E-state index in [1.54, 1.807) is 7.11 Å². The third kappa shape index (κ3) is 4.84. The molecule has 1 atom stereocenters. The molecule has 1 N–H and O–H groups in total. The molecule has 7 heteroatoms. The summed E-state index contributed by atoms with van der Waals surface area (Å²) in [6.07, 6.45) is 0. The summed E-state index contributed by atoms with van der Waals surface area (Å²) < 4.78 is 7.34. The number of amides is 1. The average molecular weight is 445 g/mol. The molecule has 3 aromatic carbocycles. The van der Waals surface area contributed by atoms with Crippen LogP contribution in [0.15, 0.2) is 84.0 Å². The number of aryl methyl sites for hydroxylation is 1. The van der Waals surface area contributed by atoms with Crippen LogP contribution in [-0.4, -0.2) is 33.0 Å². The zero-order valence-electron chi connectivity index (χ0n) is 18.1. The summed E-state index contributed by atoms with van der Waals surface area (Å²) in [6.45, 7) is 3.88. The van der Waals surface area contributed by atoms with E-state index in [0.29, 0.717) is 11.0 Å². The number of rotatable bonds is 7. The van der Waals surface area contributed by atoms with Gasteiger partial charge in [-0.15, -0.1) is 10.2 Å². The zero-order valence-corrected chi connectivity index (χ0v) is 19.0. The molecule has 0 fully saturated rings. The van der Waals surface area contributed by atoms with E-state index in [4.69, 9.17) is 4.74 Å². The van der Waals surface area contributed by atoms with Gasteiger partial charge in [0.05, 0.1) is 12.4 Å². The smallest absolute Gasteiger partial charge is 0.237 e. The van der Waals surface area contributed by atoms with Crippen LogP contribution in [0.25, 0.3) is 17.1 Å². The first-order valence-electron chi connectivity index (χ1n) is 10.2. The van der Waals surface area contributed by atoms with Gasteiger partial charge in [0.25, 0.3) is 0 Å². The summed E-state index contributed by atoms with van der Waals surface area (Å²) in [4.78, 5) is 12.8. The van der Waals surface area contributed by atoms with Gasteiger partial charge in [0.1, 0.15) is 5.75 Å². The Hall–Kier alpha value is -3.58. The molecule has 1 heterocycles. The molecule has 4 aromatic rings. The van der Waals surface area contributed by atoms with Crippen molar-refractivity contribution in [2.75, 3.05) is 12.4 Å². The van der Waals surface area contributed by atoms with Crippen molar-refractivity contribution in [1.29, 1.82) is 0 Å². The maximum atomic E-state index is 12.8. The average Bonchev–Trinajstić information content (AvgIpc) is 3.24. The number of carbonyl (C=O) groups is 1. The first-order valence-corrected chi connectivity index (χ1v) is 11.1. The third-order valence-electron chi connectivity index (χ3n) is 4.95. The Morgan fingerprint density at radius 3 is 2.47 bits per heavy atom. The number of methoxy groups -OCH3 is 1. The Balaban J connectivity index is 1.64. The number of thioether (sulfide) groups is 1. The fourth-order valence-electron chi connectivity index (χ4n) is 3.20. The van der Waals surface area contributed by atoms with Gasteiger partial charge in [0, 0.05) is 16.9 Å². The molecule has 0 aliphatic carbocycles. The quantitative estimate of drug-likeness (QED) is 0.388. The predicted molar refractivity (Wildman–Crippen MR) is 128 cm³/mol. The second-order valence-corrected chi connectivity index (χ2v) is 8.63. The van der Waals surface area contributed by atoms with Gasteiger partial charge in [-0.2, -0.15) is 0 Å². The molecule has 162 valence electrons. The Labute approximate surface area is 191 Å². The van der Waals surface area contributed by atoms with E-state index in [9.17, 15) is 4.79 Å². The molecule has 6 nitrogen and oxygen atoms in total. The van der Waals surface area contributed by atoms with Crippen LogP contribution < -0.4 is 10.1 Å². The number of aromatic nitrogens is 3. The maximum absolute atomic E-state index is 12.8. The Kier molecular flexibility index (Phi) is 6.56. The van der Waals surface area contributed by atoms with Gasteiger partial charge in [0.2, 0.25) is 5.91 Å². The number of carbonyl (C=O) groups excluding carboxylic acids is 1. The van der Waals surface area contributed by atoms with Crippen LogP contribution in [0.3, 0.4) is 0 Å². The minimum atomic E-state index is -0.374. The fraction of sp³-hybridized carbons (Fsp3) is 0.160. The van der Waals surface area contributed by atoms with Crippen LogP contribution in [0.1, 0.15) is 12.5 Å². The van der Waals surface area contributed by atoms with Crippen LogP contribution in [-0.2, 0) is 4.79 Å². The van der Waals surface area contributed by atoms with Crippen molar-refractivity contribution >= 4 is 23.4 Å². The molecule has 1 amide bonds. The molecule has 0 bridgehead atoms. The first-order chi connectivity index (χ1) is 15.5. The second kappa shape index (κ2) is 9.70. The van der Waals surface area contributed by atoms with Gasteiger partial charge in [-0.1, -0.05) is 59.8 Å². The van der Waals surface area contributed by atoms with Crippen LogP contribution in [0, 0.1) is 6.92 Å². The summed E-state index contributed by atoms with van der Waals surface area (Å²) in [5.41, 5.74) is 3.72. The number of anilines is 1. The summed E-state index contributed by atoms with van der Waals surface area (Å²) in [5.74, 6) is 1.33. The number of nitrogens with one attached hydrogen (secondary N) is 1. The Morgan fingerprint density at radius 2 is 1.75 bits per heavy atom. The minimum absolute atomic E-state index is 0.0932. The van der Waals surface area contributed by atoms with Crippen molar-refractivity contribution in [3.63, 3.8) is 0 Å². The van der Waals surface area contributed by atoms with Crippen LogP contribution >= 0.6 is 11.8 Å². The van der Waals surface area contributed by atoms with Crippen LogP contribution in [0.4, 0.5) is 5.69 Å². The third-order valence-corrected chi connectivity index (χ3v) is 5.99. The largest absolute Gasteiger partial charge is 0.497 e. The Morgan fingerprint density at radius 1 is 1.00 bits per heavy atom. The highest BCUT2D eigenvalue weighted by Crippen LogP contribution is 2.31. The highest BCUT2D eigenvalue weighted by atomic mass is 32.2. The van der Waals surface area contributed by atoms with Gasteiger partial charge < -0.3 is 10.1 Å². The van der Waals surface area contributed by atoms with Crippen molar-refractivity contribution < 1.29 is 9.53 Å². The van der Waals surface area contributed by atoms with E-state index in [1.165, 1.54) is 11.8 Å². The molecule has 0 spiro atoms.